The first kappa shape index (κ1) is 25.2. The van der Waals surface area contributed by atoms with Crippen LogP contribution in [0.1, 0.15) is 36.6 Å². The zero-order valence-corrected chi connectivity index (χ0v) is 20.4. The van der Waals surface area contributed by atoms with Crippen LogP contribution in [0.4, 0.5) is 0 Å². The molecular weight excluding hydrogens is 471 g/mol. The van der Waals surface area contributed by atoms with Crippen molar-refractivity contribution in [2.45, 2.75) is 26.5 Å². The molecule has 7 heteroatoms. The minimum absolute atomic E-state index is 0.0500. The lowest BCUT2D eigenvalue weighted by Gasteiger charge is -2.16. The SMILES string of the molecule is CCOc1cc(/C=C(/C#N)C(=O)N[C@H](C)c2ccccc2)cc(Cl)c1OCc1ccccc1Cl. The van der Waals surface area contributed by atoms with Crippen molar-refractivity contribution in [3.05, 3.63) is 99.0 Å². The third-order valence-corrected chi connectivity index (χ3v) is 5.63. The standard InChI is InChI=1S/C27H24Cl2N2O3/c1-3-33-25-15-19(14-24(29)26(25)34-17-21-11-7-8-12-23(21)28)13-22(16-30)27(32)31-18(2)20-9-5-4-6-10-20/h4-15,18H,3,17H2,1-2H3,(H,31,32)/b22-13-/t18-/m1/s1. The molecule has 34 heavy (non-hydrogen) atoms. The first-order valence-corrected chi connectivity index (χ1v) is 11.5. The number of nitrogens with zero attached hydrogens (tertiary/aromatic N) is 1. The van der Waals surface area contributed by atoms with Gasteiger partial charge in [0, 0.05) is 10.6 Å². The molecule has 0 aliphatic rings. The van der Waals surface area contributed by atoms with Gasteiger partial charge in [0.1, 0.15) is 18.2 Å². The Labute approximate surface area is 209 Å². The number of carbonyl (C=O) groups excluding carboxylic acids is 1. The topological polar surface area (TPSA) is 71.3 Å². The summed E-state index contributed by atoms with van der Waals surface area (Å²) in [7, 11) is 0. The average Bonchev–Trinajstić information content (AvgIpc) is 2.83. The Morgan fingerprint density at radius 2 is 1.76 bits per heavy atom. The summed E-state index contributed by atoms with van der Waals surface area (Å²) < 4.78 is 11.6. The summed E-state index contributed by atoms with van der Waals surface area (Å²) in [6, 6.07) is 21.9. The number of benzene rings is 3. The molecule has 5 nitrogen and oxygen atoms in total. The predicted molar refractivity (Wildman–Crippen MR) is 135 cm³/mol. The van der Waals surface area contributed by atoms with Gasteiger partial charge in [0.05, 0.1) is 17.7 Å². The van der Waals surface area contributed by atoms with Gasteiger partial charge in [0.2, 0.25) is 0 Å². The molecule has 1 N–H and O–H groups in total. The molecule has 0 aliphatic carbocycles. The summed E-state index contributed by atoms with van der Waals surface area (Å²) in [5.74, 6) is 0.289. The molecule has 1 atom stereocenters. The molecule has 0 radical (unpaired) electrons. The highest BCUT2D eigenvalue weighted by Crippen LogP contribution is 2.38. The summed E-state index contributed by atoms with van der Waals surface area (Å²) in [5, 5.41) is 13.3. The Morgan fingerprint density at radius 3 is 2.44 bits per heavy atom. The van der Waals surface area contributed by atoms with E-state index in [-0.39, 0.29) is 18.2 Å². The largest absolute Gasteiger partial charge is 0.490 e. The number of carbonyl (C=O) groups is 1. The van der Waals surface area contributed by atoms with Gasteiger partial charge in [-0.25, -0.2) is 0 Å². The summed E-state index contributed by atoms with van der Waals surface area (Å²) >= 11 is 12.7. The minimum atomic E-state index is -0.480. The lowest BCUT2D eigenvalue weighted by atomic mass is 10.1. The van der Waals surface area contributed by atoms with Gasteiger partial charge in [-0.1, -0.05) is 71.7 Å². The monoisotopic (exact) mass is 494 g/mol. The molecule has 0 aromatic heterocycles. The Balaban J connectivity index is 1.83. The zero-order chi connectivity index (χ0) is 24.5. The Bertz CT molecular complexity index is 1220. The Hall–Kier alpha value is -3.46. The number of hydrogen-bond acceptors (Lipinski definition) is 4. The zero-order valence-electron chi connectivity index (χ0n) is 18.8. The second-order valence-electron chi connectivity index (χ2n) is 7.42. The third-order valence-electron chi connectivity index (χ3n) is 4.98. The molecule has 0 spiro atoms. The molecule has 174 valence electrons. The van der Waals surface area contributed by atoms with Crippen molar-refractivity contribution in [2.75, 3.05) is 6.61 Å². The van der Waals surface area contributed by atoms with E-state index in [1.54, 1.807) is 18.2 Å². The van der Waals surface area contributed by atoms with Crippen LogP contribution in [0.15, 0.2) is 72.3 Å². The van der Waals surface area contributed by atoms with Crippen molar-refractivity contribution >= 4 is 35.2 Å². The van der Waals surface area contributed by atoms with Crippen molar-refractivity contribution in [3.63, 3.8) is 0 Å². The van der Waals surface area contributed by atoms with E-state index in [4.69, 9.17) is 32.7 Å². The van der Waals surface area contributed by atoms with E-state index in [0.717, 1.165) is 11.1 Å². The Kier molecular flexibility index (Phi) is 8.98. The number of nitrogens with one attached hydrogen (secondary N) is 1. The quantitative estimate of drug-likeness (QED) is 0.263. The Morgan fingerprint density at radius 1 is 1.06 bits per heavy atom. The second kappa shape index (κ2) is 12.1. The fourth-order valence-corrected chi connectivity index (χ4v) is 3.72. The molecule has 0 saturated carbocycles. The first-order valence-electron chi connectivity index (χ1n) is 10.7. The molecule has 1 amide bonds. The predicted octanol–water partition coefficient (Wildman–Crippen LogP) is 6.76. The van der Waals surface area contributed by atoms with Gasteiger partial charge >= 0.3 is 0 Å². The van der Waals surface area contributed by atoms with Crippen LogP contribution < -0.4 is 14.8 Å². The van der Waals surface area contributed by atoms with Crippen molar-refractivity contribution in [2.24, 2.45) is 0 Å². The normalized spacial score (nSPS) is 11.9. The van der Waals surface area contributed by atoms with E-state index >= 15 is 0 Å². The van der Waals surface area contributed by atoms with Crippen LogP contribution in [0, 0.1) is 11.3 Å². The highest BCUT2D eigenvalue weighted by atomic mass is 35.5. The van der Waals surface area contributed by atoms with Crippen LogP contribution in [0.25, 0.3) is 6.08 Å². The van der Waals surface area contributed by atoms with Crippen LogP contribution in [-0.4, -0.2) is 12.5 Å². The summed E-state index contributed by atoms with van der Waals surface area (Å²) in [4.78, 5) is 12.7. The highest BCUT2D eigenvalue weighted by Gasteiger charge is 2.17. The molecule has 0 saturated heterocycles. The summed E-state index contributed by atoms with van der Waals surface area (Å²) in [5.41, 5.74) is 2.24. The van der Waals surface area contributed by atoms with Gasteiger partial charge in [-0.2, -0.15) is 5.26 Å². The summed E-state index contributed by atoms with van der Waals surface area (Å²) in [6.07, 6.45) is 1.47. The third kappa shape index (κ3) is 6.54. The number of hydrogen-bond donors (Lipinski definition) is 1. The van der Waals surface area contributed by atoms with Gasteiger partial charge in [-0.3, -0.25) is 4.79 Å². The lowest BCUT2D eigenvalue weighted by molar-refractivity contribution is -0.117. The molecule has 3 rings (SSSR count). The molecule has 0 aliphatic heterocycles. The highest BCUT2D eigenvalue weighted by molar-refractivity contribution is 6.32. The van der Waals surface area contributed by atoms with Crippen LogP contribution in [-0.2, 0) is 11.4 Å². The first-order chi connectivity index (χ1) is 16.4. The number of amides is 1. The van der Waals surface area contributed by atoms with Crippen molar-refractivity contribution < 1.29 is 14.3 Å². The van der Waals surface area contributed by atoms with Crippen LogP contribution in [0.5, 0.6) is 11.5 Å². The number of halogens is 2. The minimum Gasteiger partial charge on any atom is -0.490 e. The van der Waals surface area contributed by atoms with Crippen molar-refractivity contribution in [1.82, 2.24) is 5.32 Å². The van der Waals surface area contributed by atoms with Crippen LogP contribution >= 0.6 is 23.2 Å². The lowest BCUT2D eigenvalue weighted by Crippen LogP contribution is -2.27. The fraction of sp³-hybridized carbons (Fsp3) is 0.185. The fourth-order valence-electron chi connectivity index (χ4n) is 3.25. The van der Waals surface area contributed by atoms with E-state index in [1.165, 1.54) is 6.08 Å². The van der Waals surface area contributed by atoms with Gasteiger partial charge in [0.15, 0.2) is 11.5 Å². The molecule has 3 aromatic rings. The average molecular weight is 495 g/mol. The van der Waals surface area contributed by atoms with Gasteiger partial charge < -0.3 is 14.8 Å². The number of ether oxygens (including phenoxy) is 2. The van der Waals surface area contributed by atoms with Gasteiger partial charge in [-0.15, -0.1) is 0 Å². The maximum atomic E-state index is 12.7. The van der Waals surface area contributed by atoms with E-state index in [1.807, 2.05) is 68.4 Å². The van der Waals surface area contributed by atoms with Gasteiger partial charge in [-0.05, 0) is 49.2 Å². The molecule has 3 aromatic carbocycles. The van der Waals surface area contributed by atoms with Crippen molar-refractivity contribution in [3.8, 4) is 17.6 Å². The van der Waals surface area contributed by atoms with Crippen LogP contribution in [0.3, 0.4) is 0 Å². The van der Waals surface area contributed by atoms with E-state index in [2.05, 4.69) is 5.32 Å². The van der Waals surface area contributed by atoms with E-state index in [9.17, 15) is 10.1 Å². The smallest absolute Gasteiger partial charge is 0.262 e. The molecule has 0 fully saturated rings. The number of rotatable bonds is 9. The molecule has 0 bridgehead atoms. The van der Waals surface area contributed by atoms with Gasteiger partial charge in [0.25, 0.3) is 5.91 Å². The molecule has 0 heterocycles. The van der Waals surface area contributed by atoms with Crippen LogP contribution in [0.2, 0.25) is 10.0 Å². The molecular formula is C27H24Cl2N2O3. The van der Waals surface area contributed by atoms with E-state index in [0.29, 0.717) is 33.7 Å². The second-order valence-corrected chi connectivity index (χ2v) is 8.23. The van der Waals surface area contributed by atoms with E-state index < -0.39 is 5.91 Å². The number of nitriles is 1. The maximum Gasteiger partial charge on any atom is 0.262 e. The van der Waals surface area contributed by atoms with Crippen molar-refractivity contribution in [1.29, 1.82) is 5.26 Å². The molecule has 0 unspecified atom stereocenters. The summed E-state index contributed by atoms with van der Waals surface area (Å²) in [6.45, 7) is 4.29. The maximum absolute atomic E-state index is 12.7.